The van der Waals surface area contributed by atoms with Crippen LogP contribution in [-0.4, -0.2) is 39.2 Å². The summed E-state index contributed by atoms with van der Waals surface area (Å²) in [6, 6.07) is 7.72. The fourth-order valence-electron chi connectivity index (χ4n) is 4.12. The molecule has 138 valence electrons. The van der Waals surface area contributed by atoms with Crippen LogP contribution in [0, 0.1) is 0 Å². The van der Waals surface area contributed by atoms with E-state index in [4.69, 9.17) is 4.99 Å². The molecule has 27 heavy (non-hydrogen) atoms. The van der Waals surface area contributed by atoms with Crippen LogP contribution in [0.15, 0.2) is 54.4 Å². The van der Waals surface area contributed by atoms with Gasteiger partial charge in [0.05, 0.1) is 0 Å². The molecule has 2 aromatic rings. The molecule has 1 aliphatic carbocycles. The molecule has 0 atom stereocenters. The van der Waals surface area contributed by atoms with Crippen LogP contribution in [-0.2, 0) is 4.79 Å². The Hall–Kier alpha value is -0.984. The van der Waals surface area contributed by atoms with Crippen LogP contribution in [0.5, 0.6) is 5.75 Å². The molecular formula is C20H17Br2NO2SeSi. The van der Waals surface area contributed by atoms with Gasteiger partial charge in [-0.05, 0) is 0 Å². The third kappa shape index (κ3) is 2.95. The Bertz CT molecular complexity index is 1040. The van der Waals surface area contributed by atoms with Gasteiger partial charge >= 0.3 is 183 Å². The fraction of sp³-hybridized carbons (Fsp3) is 0.200. The molecule has 4 rings (SSSR count). The van der Waals surface area contributed by atoms with E-state index < -0.39 is 8.07 Å². The summed E-state index contributed by atoms with van der Waals surface area (Å²) in [6.07, 6.45) is 5.24. The summed E-state index contributed by atoms with van der Waals surface area (Å²) in [5.41, 5.74) is 2.79. The Kier molecular flexibility index (Phi) is 5.10. The molecular weight excluding hydrogens is 553 g/mol. The van der Waals surface area contributed by atoms with Gasteiger partial charge in [-0.2, -0.15) is 0 Å². The number of fused-ring (bicyclic) bond motifs is 2. The number of benzene rings is 1. The summed E-state index contributed by atoms with van der Waals surface area (Å²) >= 11 is 7.32. The zero-order valence-corrected chi connectivity index (χ0v) is 20.7. The summed E-state index contributed by atoms with van der Waals surface area (Å²) in [4.78, 5) is 17.1. The molecule has 3 nitrogen and oxygen atoms in total. The van der Waals surface area contributed by atoms with Crippen LogP contribution in [0.3, 0.4) is 0 Å². The summed E-state index contributed by atoms with van der Waals surface area (Å²) < 4.78 is 3.31. The summed E-state index contributed by atoms with van der Waals surface area (Å²) in [5, 5.41) is 13.2. The number of carbonyl (C=O) groups excluding carboxylic acids is 1. The second-order valence-corrected chi connectivity index (χ2v) is 16.3. The predicted octanol–water partition coefficient (Wildman–Crippen LogP) is 5.03. The number of phenolic OH excluding ortho intramolecular Hbond substituents is 1. The van der Waals surface area contributed by atoms with Crippen LogP contribution in [0.2, 0.25) is 12.1 Å². The minimum absolute atomic E-state index is 0.0318. The van der Waals surface area contributed by atoms with Crippen molar-refractivity contribution < 1.29 is 9.90 Å². The van der Waals surface area contributed by atoms with Crippen molar-refractivity contribution in [1.82, 2.24) is 0 Å². The van der Waals surface area contributed by atoms with Crippen LogP contribution in [0.25, 0.3) is 10.0 Å². The van der Waals surface area contributed by atoms with Gasteiger partial charge in [0, 0.05) is 0 Å². The molecule has 0 amide bonds. The first kappa shape index (κ1) is 19.3. The molecule has 1 aromatic heterocycles. The average molecular weight is 570 g/mol. The molecule has 1 aliphatic heterocycles. The number of allylic oxidation sites excluding steroid dienone is 4. The van der Waals surface area contributed by atoms with E-state index in [0.717, 1.165) is 46.5 Å². The van der Waals surface area contributed by atoms with E-state index in [2.05, 4.69) is 51.8 Å². The van der Waals surface area contributed by atoms with Crippen LogP contribution >= 0.6 is 31.9 Å². The molecule has 0 unspecified atom stereocenters. The van der Waals surface area contributed by atoms with Gasteiger partial charge in [0.15, 0.2) is 0 Å². The van der Waals surface area contributed by atoms with Crippen molar-refractivity contribution >= 4 is 76.8 Å². The summed E-state index contributed by atoms with van der Waals surface area (Å²) in [5.74, 6) is 0.337. The molecule has 0 radical (unpaired) electrons. The normalized spacial score (nSPS) is 17.3. The van der Waals surface area contributed by atoms with Crippen molar-refractivity contribution in [3.63, 3.8) is 0 Å². The standard InChI is InChI=1S/C20H17Br2NO2SeSi/c1-3-27(4-2)17-9-11(24)5-6-13(17)23-14-7-8-15(25)18(19(14)27)16-10-12(21)20(22)26-16/h5-10,25H,3-4H2,1-2H3. The summed E-state index contributed by atoms with van der Waals surface area (Å²) in [6.45, 7) is 4.41. The van der Waals surface area contributed by atoms with E-state index in [1.807, 2.05) is 12.1 Å². The number of rotatable bonds is 3. The van der Waals surface area contributed by atoms with Crippen molar-refractivity contribution in [3.8, 4) is 15.8 Å². The summed E-state index contributed by atoms with van der Waals surface area (Å²) in [7, 11) is -2.22. The van der Waals surface area contributed by atoms with E-state index in [0.29, 0.717) is 5.75 Å². The van der Waals surface area contributed by atoms with Gasteiger partial charge in [-0.1, -0.05) is 0 Å². The van der Waals surface area contributed by atoms with Gasteiger partial charge in [-0.3, -0.25) is 0 Å². The topological polar surface area (TPSA) is 49.7 Å². The van der Waals surface area contributed by atoms with Crippen LogP contribution < -0.4 is 5.19 Å². The molecule has 0 bridgehead atoms. The number of aromatic hydroxyl groups is 1. The fourth-order valence-corrected chi connectivity index (χ4v) is 12.7. The quantitative estimate of drug-likeness (QED) is 0.416. The second-order valence-electron chi connectivity index (χ2n) is 6.67. The first-order valence-corrected chi connectivity index (χ1v) is 14.5. The molecule has 7 heteroatoms. The Labute approximate surface area is 181 Å². The number of ketones is 1. The molecule has 0 saturated carbocycles. The molecule has 0 fully saturated rings. The maximum absolute atomic E-state index is 12.2. The molecule has 1 aromatic carbocycles. The van der Waals surface area contributed by atoms with E-state index >= 15 is 0 Å². The van der Waals surface area contributed by atoms with E-state index in [-0.39, 0.29) is 20.3 Å². The van der Waals surface area contributed by atoms with E-state index in [9.17, 15) is 9.90 Å². The zero-order chi connectivity index (χ0) is 19.3. The molecule has 1 N–H and O–H groups in total. The minimum atomic E-state index is -2.22. The van der Waals surface area contributed by atoms with Crippen LogP contribution in [0.4, 0.5) is 5.69 Å². The number of carbonyl (C=O) groups is 1. The van der Waals surface area contributed by atoms with Crippen molar-refractivity contribution in [3.05, 3.63) is 49.4 Å². The van der Waals surface area contributed by atoms with E-state index in [1.54, 1.807) is 18.2 Å². The first-order chi connectivity index (χ1) is 12.9. The van der Waals surface area contributed by atoms with Crippen LogP contribution in [0.1, 0.15) is 13.8 Å². The predicted molar refractivity (Wildman–Crippen MR) is 122 cm³/mol. The molecule has 0 saturated heterocycles. The Morgan fingerprint density at radius 1 is 1.19 bits per heavy atom. The SMILES string of the molecule is CC[Si]1(CC)C2=CC(=O)C=CC2=Nc2ccc(O)c(-c3cc(Br)c(Br)[se]3)c21. The number of nitrogens with zero attached hydrogens (tertiary/aromatic N) is 1. The van der Waals surface area contributed by atoms with Crippen molar-refractivity contribution in [2.75, 3.05) is 0 Å². The third-order valence-electron chi connectivity index (χ3n) is 5.46. The number of aliphatic imine (C=N–C) groups is 1. The second kappa shape index (κ2) is 7.12. The molecule has 0 spiro atoms. The third-order valence-corrected chi connectivity index (χ3v) is 15.8. The number of hydrogen-bond donors (Lipinski definition) is 1. The van der Waals surface area contributed by atoms with Gasteiger partial charge in [0.2, 0.25) is 0 Å². The zero-order valence-electron chi connectivity index (χ0n) is 14.8. The Morgan fingerprint density at radius 2 is 1.93 bits per heavy atom. The van der Waals surface area contributed by atoms with Gasteiger partial charge in [0.25, 0.3) is 0 Å². The molecule has 2 heterocycles. The number of hydrogen-bond acceptors (Lipinski definition) is 3. The Balaban J connectivity index is 2.11. The monoisotopic (exact) mass is 569 g/mol. The van der Waals surface area contributed by atoms with E-state index in [1.165, 1.54) is 5.19 Å². The van der Waals surface area contributed by atoms with Crippen molar-refractivity contribution in [2.45, 2.75) is 25.9 Å². The number of halogens is 2. The average Bonchev–Trinajstić information content (AvgIpc) is 2.99. The van der Waals surface area contributed by atoms with Gasteiger partial charge in [-0.15, -0.1) is 0 Å². The molecule has 2 aliphatic rings. The number of phenols is 1. The first-order valence-electron chi connectivity index (χ1n) is 8.76. The van der Waals surface area contributed by atoms with Gasteiger partial charge < -0.3 is 0 Å². The van der Waals surface area contributed by atoms with Gasteiger partial charge in [0.1, 0.15) is 0 Å². The maximum atomic E-state index is 12.2. The van der Waals surface area contributed by atoms with Crippen molar-refractivity contribution in [2.24, 2.45) is 4.99 Å². The van der Waals surface area contributed by atoms with Gasteiger partial charge in [-0.25, -0.2) is 0 Å². The van der Waals surface area contributed by atoms with Crippen molar-refractivity contribution in [1.29, 1.82) is 0 Å². The Morgan fingerprint density at radius 3 is 2.56 bits per heavy atom.